The van der Waals surface area contributed by atoms with Gasteiger partial charge in [-0.3, -0.25) is 14.4 Å². The third-order valence-corrected chi connectivity index (χ3v) is 9.43. The number of nitrogens with one attached hydrogen (secondary N) is 2. The number of aromatic hydroxyl groups is 1. The minimum atomic E-state index is -1.69. The Morgan fingerprint density at radius 2 is 1.73 bits per heavy atom. The number of nitrogens with zero attached hydrogens (tertiary/aromatic N) is 1. The van der Waals surface area contributed by atoms with Crippen molar-refractivity contribution >= 4 is 33.8 Å². The first-order valence-electron chi connectivity index (χ1n) is 17.4. The van der Waals surface area contributed by atoms with Crippen LogP contribution in [0.15, 0.2) is 94.6 Å². The van der Waals surface area contributed by atoms with E-state index in [2.05, 4.69) is 10.3 Å². The van der Waals surface area contributed by atoms with Crippen molar-refractivity contribution in [2.24, 2.45) is 5.92 Å². The minimum absolute atomic E-state index is 0.0510. The Kier molecular flexibility index (Phi) is 10.4. The number of aliphatic hydroxyl groups is 2. The van der Waals surface area contributed by atoms with Crippen molar-refractivity contribution in [2.75, 3.05) is 20.2 Å². The fraction of sp³-hybridized carbons (Fsp3) is 0.275. The highest BCUT2D eigenvalue weighted by molar-refractivity contribution is 5.94. The number of H-pyrrole nitrogens is 1. The molecule has 4 heterocycles. The lowest BCUT2D eigenvalue weighted by Crippen LogP contribution is -2.63. The monoisotopic (exact) mass is 753 g/mol. The van der Waals surface area contributed by atoms with Crippen LogP contribution in [0, 0.1) is 19.8 Å². The summed E-state index contributed by atoms with van der Waals surface area (Å²) >= 11 is 0. The van der Waals surface area contributed by atoms with Gasteiger partial charge in [0, 0.05) is 29.8 Å². The maximum Gasteiger partial charge on any atom is 0.321 e. The minimum Gasteiger partial charge on any atom is -0.508 e. The number of esters is 1. The first-order chi connectivity index (χ1) is 26.4. The highest BCUT2D eigenvalue weighted by atomic mass is 16.8. The van der Waals surface area contributed by atoms with E-state index in [4.69, 9.17) is 23.5 Å². The molecule has 15 nitrogen and oxygen atoms in total. The molecule has 286 valence electrons. The fourth-order valence-electron chi connectivity index (χ4n) is 6.74. The molecular formula is C40H39N3O12. The van der Waals surface area contributed by atoms with Gasteiger partial charge in [0.25, 0.3) is 0 Å². The van der Waals surface area contributed by atoms with Crippen molar-refractivity contribution in [3.8, 4) is 33.9 Å². The van der Waals surface area contributed by atoms with Gasteiger partial charge in [-0.05, 0) is 68.9 Å². The van der Waals surface area contributed by atoms with Gasteiger partial charge in [0.15, 0.2) is 11.3 Å². The van der Waals surface area contributed by atoms with Crippen molar-refractivity contribution in [3.63, 3.8) is 0 Å². The van der Waals surface area contributed by atoms with E-state index in [1.165, 1.54) is 48.4 Å². The summed E-state index contributed by atoms with van der Waals surface area (Å²) in [6.45, 7) is 3.12. The van der Waals surface area contributed by atoms with Crippen LogP contribution in [0.2, 0.25) is 0 Å². The van der Waals surface area contributed by atoms with Crippen LogP contribution in [-0.4, -0.2) is 93.0 Å². The molecular weight excluding hydrogens is 714 g/mol. The molecule has 0 amide bonds. The Labute approximate surface area is 313 Å². The molecule has 0 radical (unpaired) electrons. The predicted octanol–water partition coefficient (Wildman–Crippen LogP) is 3.52. The van der Waals surface area contributed by atoms with Gasteiger partial charge < -0.3 is 54.2 Å². The Morgan fingerprint density at radius 3 is 2.44 bits per heavy atom. The SMILES string of the molecule is CNC[C@@H](C(=O)O)C(=O)OC[C@@H]1O[C@H](Oc2ccc3c(=O)c(-c4ccc(O)cc4)coc3c2)[C@@H](On2cc3cc[nH]c3c2-c2cc(C)cc(C)c2)[C@H](O)[C@H]1O. The molecule has 0 aliphatic carbocycles. The van der Waals surface area contributed by atoms with Gasteiger partial charge in [-0.2, -0.15) is 4.73 Å². The Balaban J connectivity index is 1.22. The number of hydrogen-bond donors (Lipinski definition) is 6. The second-order valence-electron chi connectivity index (χ2n) is 13.5. The van der Waals surface area contributed by atoms with Crippen molar-refractivity contribution in [1.29, 1.82) is 0 Å². The van der Waals surface area contributed by atoms with E-state index in [9.17, 15) is 34.8 Å². The highest BCUT2D eigenvalue weighted by Gasteiger charge is 2.49. The summed E-state index contributed by atoms with van der Waals surface area (Å²) < 4.78 is 25.0. The molecule has 0 saturated carbocycles. The van der Waals surface area contributed by atoms with E-state index in [1.807, 2.05) is 38.1 Å². The van der Waals surface area contributed by atoms with Crippen molar-refractivity contribution in [1.82, 2.24) is 15.0 Å². The Bertz CT molecular complexity index is 2400. The first kappa shape index (κ1) is 37.2. The number of aromatic amines is 1. The zero-order valence-electron chi connectivity index (χ0n) is 30.0. The molecule has 0 unspecified atom stereocenters. The van der Waals surface area contributed by atoms with Crippen LogP contribution in [0.5, 0.6) is 11.5 Å². The lowest BCUT2D eigenvalue weighted by atomic mass is 9.99. The largest absolute Gasteiger partial charge is 0.508 e. The smallest absolute Gasteiger partial charge is 0.321 e. The van der Waals surface area contributed by atoms with Gasteiger partial charge in [-0.15, -0.1) is 0 Å². The normalized spacial score (nSPS) is 20.3. The number of rotatable bonds is 12. The third-order valence-electron chi connectivity index (χ3n) is 9.43. The number of aliphatic hydroxyl groups excluding tert-OH is 2. The molecule has 15 heteroatoms. The van der Waals surface area contributed by atoms with Crippen LogP contribution in [0.4, 0.5) is 0 Å². The number of hydrogen-bond acceptors (Lipinski definition) is 12. The number of benzene rings is 3. The molecule has 6 atom stereocenters. The van der Waals surface area contributed by atoms with E-state index in [-0.39, 0.29) is 40.0 Å². The number of phenols is 1. The zero-order valence-corrected chi connectivity index (χ0v) is 30.0. The number of aromatic nitrogens is 2. The molecule has 3 aromatic heterocycles. The number of fused-ring (bicyclic) bond motifs is 2. The molecule has 0 spiro atoms. The summed E-state index contributed by atoms with van der Waals surface area (Å²) in [6.07, 6.45) is -2.81. The van der Waals surface area contributed by atoms with Crippen LogP contribution in [0.3, 0.4) is 0 Å². The van der Waals surface area contributed by atoms with Gasteiger partial charge >= 0.3 is 11.9 Å². The Morgan fingerprint density at radius 1 is 0.982 bits per heavy atom. The van der Waals surface area contributed by atoms with Gasteiger partial charge in [0.2, 0.25) is 12.4 Å². The molecule has 0 bridgehead atoms. The van der Waals surface area contributed by atoms with E-state index in [0.29, 0.717) is 11.3 Å². The molecule has 3 aromatic carbocycles. The average Bonchev–Trinajstić information content (AvgIpc) is 3.74. The van der Waals surface area contributed by atoms with Gasteiger partial charge in [0.1, 0.15) is 54.0 Å². The van der Waals surface area contributed by atoms with Gasteiger partial charge in [0.05, 0.1) is 22.7 Å². The molecule has 6 N–H and O–H groups in total. The lowest BCUT2D eigenvalue weighted by molar-refractivity contribution is -0.287. The second-order valence-corrected chi connectivity index (χ2v) is 13.5. The van der Waals surface area contributed by atoms with E-state index in [1.54, 1.807) is 24.5 Å². The number of ether oxygens (including phenoxy) is 3. The maximum absolute atomic E-state index is 13.4. The van der Waals surface area contributed by atoms with Crippen molar-refractivity contribution in [2.45, 2.75) is 44.6 Å². The second kappa shape index (κ2) is 15.3. The topological polar surface area (TPSA) is 215 Å². The van der Waals surface area contributed by atoms with Crippen molar-refractivity contribution < 1.29 is 53.5 Å². The summed E-state index contributed by atoms with van der Waals surface area (Å²) in [5, 5.41) is 45.8. The number of carbonyl (C=O) groups excluding carboxylic acids is 1. The quantitative estimate of drug-likeness (QED) is 0.0781. The third kappa shape index (κ3) is 7.50. The number of carboxylic acid groups (broad SMARTS) is 1. The number of carboxylic acids is 1. The van der Waals surface area contributed by atoms with Crippen LogP contribution >= 0.6 is 0 Å². The number of phenolic OH excluding ortho intramolecular Hbond substituents is 1. The van der Waals surface area contributed by atoms with Crippen LogP contribution in [0.25, 0.3) is 44.3 Å². The van der Waals surface area contributed by atoms with Crippen LogP contribution < -0.4 is 20.3 Å². The lowest BCUT2D eigenvalue weighted by Gasteiger charge is -2.41. The number of carbonyl (C=O) groups is 2. The van der Waals surface area contributed by atoms with E-state index in [0.717, 1.165) is 27.6 Å². The fourth-order valence-corrected chi connectivity index (χ4v) is 6.74. The molecule has 6 aromatic rings. The summed E-state index contributed by atoms with van der Waals surface area (Å²) in [4.78, 5) is 47.5. The van der Waals surface area contributed by atoms with E-state index < -0.39 is 55.2 Å². The average molecular weight is 754 g/mol. The molecule has 7 rings (SSSR count). The van der Waals surface area contributed by atoms with Crippen LogP contribution in [0.1, 0.15) is 11.1 Å². The molecule has 55 heavy (non-hydrogen) atoms. The molecule has 1 aliphatic rings. The summed E-state index contributed by atoms with van der Waals surface area (Å²) in [5.74, 6) is -3.81. The molecule has 1 aliphatic heterocycles. The summed E-state index contributed by atoms with van der Waals surface area (Å²) in [6, 6.07) is 18.4. The summed E-state index contributed by atoms with van der Waals surface area (Å²) in [5.41, 5.74) is 4.89. The highest BCUT2D eigenvalue weighted by Crippen LogP contribution is 2.33. The molecule has 1 fully saturated rings. The number of aliphatic carboxylic acids is 1. The predicted molar refractivity (Wildman–Crippen MR) is 198 cm³/mol. The zero-order chi connectivity index (χ0) is 39.0. The van der Waals surface area contributed by atoms with E-state index >= 15 is 0 Å². The molecule has 1 saturated heterocycles. The maximum atomic E-state index is 13.4. The first-order valence-corrected chi connectivity index (χ1v) is 17.4. The number of aryl methyl sites for hydroxylation is 2. The summed E-state index contributed by atoms with van der Waals surface area (Å²) in [7, 11) is 1.49. The van der Waals surface area contributed by atoms with Gasteiger partial charge in [-0.25, -0.2) is 0 Å². The standard InChI is InChI=1S/C40H39N3O12/c1-20-12-21(2)14-24(13-20)33-32-23(10-11-42-32)17-43(33)55-37-36(47)35(46)31(19-52-39(50)28(16-41-3)38(48)49)54-40(37)53-26-8-9-27-30(15-26)51-18-29(34(27)45)22-4-6-25(44)7-5-22/h4-15,17-18,28,31,35-37,40-42,44,46-47H,16,19H2,1-3H3,(H,48,49)/t28-,31-,35-,36+,37-,40-/m0/s1. The van der Waals surface area contributed by atoms with Crippen molar-refractivity contribution in [3.05, 3.63) is 107 Å². The Hall–Kier alpha value is -6.13. The van der Waals surface area contributed by atoms with Gasteiger partial charge in [-0.1, -0.05) is 29.3 Å². The van der Waals surface area contributed by atoms with Crippen LogP contribution in [-0.2, 0) is 19.1 Å².